The maximum Gasteiger partial charge on any atom is 0.435 e. The number of nitrogens with zero attached hydrogens (tertiary/aromatic N) is 5. The van der Waals surface area contributed by atoms with Gasteiger partial charge in [0.05, 0.1) is 29.6 Å². The number of imidazole rings is 1. The summed E-state index contributed by atoms with van der Waals surface area (Å²) < 4.78 is 58.5. The van der Waals surface area contributed by atoms with Gasteiger partial charge in [-0.1, -0.05) is 6.08 Å². The maximum atomic E-state index is 14.9. The number of aromatic nitrogens is 5. The van der Waals surface area contributed by atoms with Crippen molar-refractivity contribution in [1.29, 1.82) is 0 Å². The van der Waals surface area contributed by atoms with E-state index >= 15 is 0 Å². The number of carbonyl (C=O) groups is 1. The Kier molecular flexibility index (Phi) is 6.99. The van der Waals surface area contributed by atoms with E-state index in [4.69, 9.17) is 5.73 Å². The van der Waals surface area contributed by atoms with Crippen molar-refractivity contribution < 1.29 is 22.4 Å². The lowest BCUT2D eigenvalue weighted by Crippen LogP contribution is -2.38. The van der Waals surface area contributed by atoms with Gasteiger partial charge in [0.2, 0.25) is 0 Å². The molecule has 0 aliphatic heterocycles. The summed E-state index contributed by atoms with van der Waals surface area (Å²) in [5.41, 5.74) is 5.17. The van der Waals surface area contributed by atoms with Crippen molar-refractivity contribution in [2.45, 2.75) is 32.6 Å². The van der Waals surface area contributed by atoms with E-state index in [0.717, 1.165) is 10.7 Å². The second kappa shape index (κ2) is 10.0. The van der Waals surface area contributed by atoms with Gasteiger partial charge in [0.1, 0.15) is 5.82 Å². The Labute approximate surface area is 209 Å². The van der Waals surface area contributed by atoms with Crippen LogP contribution in [0, 0.1) is 12.7 Å². The lowest BCUT2D eigenvalue weighted by molar-refractivity contribution is -0.141. The average Bonchev–Trinajstić information content (AvgIpc) is 3.43. The molecule has 4 aromatic rings. The Morgan fingerprint density at radius 1 is 1.30 bits per heavy atom. The summed E-state index contributed by atoms with van der Waals surface area (Å²) in [4.78, 5) is 20.9. The lowest BCUT2D eigenvalue weighted by atomic mass is 10.1. The Bertz CT molecular complexity index is 1450. The van der Waals surface area contributed by atoms with Gasteiger partial charge in [0.25, 0.3) is 5.91 Å². The number of halogens is 4. The van der Waals surface area contributed by atoms with Gasteiger partial charge in [-0.05, 0) is 31.5 Å². The number of nitrogens with one attached hydrogen (secondary N) is 2. The number of allylic oxidation sites excluding steroid dienone is 1. The summed E-state index contributed by atoms with van der Waals surface area (Å²) in [6.45, 7) is 7.12. The summed E-state index contributed by atoms with van der Waals surface area (Å²) >= 11 is 0. The molecule has 0 spiro atoms. The van der Waals surface area contributed by atoms with Gasteiger partial charge in [-0.2, -0.15) is 18.3 Å². The van der Waals surface area contributed by atoms with Crippen LogP contribution in [0.5, 0.6) is 0 Å². The molecular weight excluding hydrogens is 492 g/mol. The minimum Gasteiger partial charge on any atom is -0.348 e. The number of fused-ring (bicyclic) bond motifs is 1. The molecule has 4 N–H and O–H groups in total. The first-order valence-corrected chi connectivity index (χ1v) is 11.2. The third-order valence-electron chi connectivity index (χ3n) is 5.56. The van der Waals surface area contributed by atoms with Crippen LogP contribution in [0.3, 0.4) is 0 Å². The van der Waals surface area contributed by atoms with Crippen molar-refractivity contribution in [3.63, 3.8) is 0 Å². The molecular formula is C24H24F4N8O. The summed E-state index contributed by atoms with van der Waals surface area (Å²) in [6, 6.07) is 2.36. The number of alkyl halides is 3. The average molecular weight is 517 g/mol. The van der Waals surface area contributed by atoms with Gasteiger partial charge < -0.3 is 16.4 Å². The topological polar surface area (TPSA) is 115 Å². The van der Waals surface area contributed by atoms with Crippen LogP contribution >= 0.6 is 0 Å². The SMILES string of the molecule is C=CCn1cc(-c2cnc3c(Nc4cc(C)c(C(=O)N[C@H](C)CN)c(F)c4)nccn23)c(C(F)(F)F)n1. The van der Waals surface area contributed by atoms with Crippen LogP contribution in [-0.4, -0.2) is 42.6 Å². The summed E-state index contributed by atoms with van der Waals surface area (Å²) in [5, 5.41) is 9.22. The maximum absolute atomic E-state index is 14.9. The monoisotopic (exact) mass is 516 g/mol. The lowest BCUT2D eigenvalue weighted by Gasteiger charge is -2.15. The normalized spacial score (nSPS) is 12.5. The number of hydrogen-bond donors (Lipinski definition) is 3. The van der Waals surface area contributed by atoms with Crippen LogP contribution < -0.4 is 16.4 Å². The second-order valence-electron chi connectivity index (χ2n) is 8.40. The van der Waals surface area contributed by atoms with Crippen LogP contribution in [0.15, 0.2) is 49.6 Å². The molecule has 0 bridgehead atoms. The van der Waals surface area contributed by atoms with Gasteiger partial charge in [-0.3, -0.25) is 13.9 Å². The molecule has 9 nitrogen and oxygen atoms in total. The predicted molar refractivity (Wildman–Crippen MR) is 130 cm³/mol. The molecule has 3 heterocycles. The number of rotatable bonds is 8. The first kappa shape index (κ1) is 25.8. The molecule has 0 aliphatic carbocycles. The molecule has 37 heavy (non-hydrogen) atoms. The fourth-order valence-electron chi connectivity index (χ4n) is 3.85. The zero-order chi connectivity index (χ0) is 26.9. The Hall–Kier alpha value is -4.26. The standard InChI is InChI=1S/C24H24F4N8O/c1-4-6-35-12-16(20(34-35)24(26,27)28)18-11-31-22-21(30-5-7-36(18)22)33-15-8-13(2)19(17(25)9-15)23(37)32-14(3)10-29/h4-5,7-9,11-12,14H,1,6,10,29H2,2-3H3,(H,30,33)(H,32,37)/t14-/m1/s1. The molecule has 0 radical (unpaired) electrons. The molecule has 1 aromatic carbocycles. The van der Waals surface area contributed by atoms with E-state index in [9.17, 15) is 22.4 Å². The third-order valence-corrected chi connectivity index (χ3v) is 5.56. The second-order valence-corrected chi connectivity index (χ2v) is 8.40. The first-order valence-electron chi connectivity index (χ1n) is 11.2. The van der Waals surface area contributed by atoms with Crippen molar-refractivity contribution in [2.75, 3.05) is 11.9 Å². The smallest absolute Gasteiger partial charge is 0.348 e. The first-order chi connectivity index (χ1) is 17.5. The fourth-order valence-corrected chi connectivity index (χ4v) is 3.85. The highest BCUT2D eigenvalue weighted by Gasteiger charge is 2.38. The molecule has 194 valence electrons. The van der Waals surface area contributed by atoms with Crippen molar-refractivity contribution in [2.24, 2.45) is 5.73 Å². The van der Waals surface area contributed by atoms with Crippen molar-refractivity contribution >= 4 is 23.1 Å². The molecule has 1 atom stereocenters. The number of nitrogens with two attached hydrogens (primary N) is 1. The predicted octanol–water partition coefficient (Wildman–Crippen LogP) is 4.07. The highest BCUT2D eigenvalue weighted by molar-refractivity contribution is 5.96. The Balaban J connectivity index is 1.71. The molecule has 3 aromatic heterocycles. The molecule has 4 rings (SSSR count). The molecule has 0 saturated carbocycles. The highest BCUT2D eigenvalue weighted by Crippen LogP contribution is 2.37. The number of carbonyl (C=O) groups excluding carboxylic acids is 1. The molecule has 0 aliphatic rings. The third kappa shape index (κ3) is 5.16. The van der Waals surface area contributed by atoms with Gasteiger partial charge in [0.15, 0.2) is 17.2 Å². The Morgan fingerprint density at radius 3 is 2.70 bits per heavy atom. The molecule has 0 saturated heterocycles. The van der Waals surface area contributed by atoms with E-state index in [0.29, 0.717) is 5.56 Å². The molecule has 0 fully saturated rings. The van der Waals surface area contributed by atoms with Crippen molar-refractivity contribution in [3.8, 4) is 11.3 Å². The van der Waals surface area contributed by atoms with E-state index < -0.39 is 23.6 Å². The number of anilines is 2. The number of amides is 1. The number of benzene rings is 1. The van der Waals surface area contributed by atoms with Crippen molar-refractivity contribution in [1.82, 2.24) is 29.5 Å². The zero-order valence-electron chi connectivity index (χ0n) is 20.0. The van der Waals surface area contributed by atoms with E-state index in [1.807, 2.05) is 0 Å². The van der Waals surface area contributed by atoms with Crippen LogP contribution in [0.4, 0.5) is 29.1 Å². The van der Waals surface area contributed by atoms with E-state index in [1.54, 1.807) is 19.9 Å². The van der Waals surface area contributed by atoms with Gasteiger partial charge in [-0.15, -0.1) is 6.58 Å². The molecule has 1 amide bonds. The Morgan fingerprint density at radius 2 is 2.05 bits per heavy atom. The minimum atomic E-state index is -4.69. The quantitative estimate of drug-likeness (QED) is 0.240. The van der Waals surface area contributed by atoms with E-state index in [1.165, 1.54) is 35.3 Å². The minimum absolute atomic E-state index is 0.0955. The summed E-state index contributed by atoms with van der Waals surface area (Å²) in [5.74, 6) is -1.17. The number of aryl methyl sites for hydroxylation is 1. The van der Waals surface area contributed by atoms with Crippen LogP contribution in [-0.2, 0) is 12.7 Å². The van der Waals surface area contributed by atoms with Crippen LogP contribution in [0.1, 0.15) is 28.5 Å². The van der Waals surface area contributed by atoms with Crippen molar-refractivity contribution in [3.05, 3.63) is 72.2 Å². The molecule has 13 heteroatoms. The fraction of sp³-hybridized carbons (Fsp3) is 0.250. The molecule has 0 unspecified atom stereocenters. The zero-order valence-corrected chi connectivity index (χ0v) is 20.0. The van der Waals surface area contributed by atoms with Gasteiger partial charge in [0, 0.05) is 36.9 Å². The van der Waals surface area contributed by atoms with Gasteiger partial charge >= 0.3 is 6.18 Å². The summed E-state index contributed by atoms with van der Waals surface area (Å²) in [6.07, 6.45) is 2.14. The van der Waals surface area contributed by atoms with Crippen LogP contribution in [0.25, 0.3) is 16.9 Å². The highest BCUT2D eigenvalue weighted by atomic mass is 19.4. The number of hydrogen-bond acceptors (Lipinski definition) is 6. The van der Waals surface area contributed by atoms with E-state index in [-0.39, 0.29) is 53.1 Å². The van der Waals surface area contributed by atoms with Crippen LogP contribution in [0.2, 0.25) is 0 Å². The van der Waals surface area contributed by atoms with Gasteiger partial charge in [-0.25, -0.2) is 14.4 Å². The summed E-state index contributed by atoms with van der Waals surface area (Å²) in [7, 11) is 0. The largest absolute Gasteiger partial charge is 0.435 e. The van der Waals surface area contributed by atoms with E-state index in [2.05, 4.69) is 32.3 Å².